The number of halogens is 2. The smallest absolute Gasteiger partial charge is 0.325 e. The predicted octanol–water partition coefficient (Wildman–Crippen LogP) is 4.68. The molecule has 0 spiro atoms. The number of aromatic hydroxyl groups is 1. The summed E-state index contributed by atoms with van der Waals surface area (Å²) in [6.07, 6.45) is 1.41. The van der Waals surface area contributed by atoms with Crippen LogP contribution in [0.2, 0.25) is 0 Å². The summed E-state index contributed by atoms with van der Waals surface area (Å²) in [4.78, 5) is 12.4. The summed E-state index contributed by atoms with van der Waals surface area (Å²) in [5, 5.41) is 9.89. The van der Waals surface area contributed by atoms with Crippen LogP contribution in [-0.2, 0) is 0 Å². The van der Waals surface area contributed by atoms with Gasteiger partial charge in [-0.15, -0.1) is 0 Å². The number of aryl methyl sites for hydroxylation is 2. The van der Waals surface area contributed by atoms with Crippen LogP contribution in [0.3, 0.4) is 0 Å². The molecule has 0 amide bonds. The number of rotatable bonds is 3. The Morgan fingerprint density at radius 1 is 1.00 bits per heavy atom. The van der Waals surface area contributed by atoms with Crippen molar-refractivity contribution in [2.24, 2.45) is 0 Å². The molecule has 0 saturated heterocycles. The highest BCUT2D eigenvalue weighted by atomic mass is 19.2. The number of oxazole rings is 1. The zero-order chi connectivity index (χ0) is 19.1. The molecule has 1 N–H and O–H groups in total. The SMILES string of the molecule is Cc1cc(-c2nc3cnc(Oc4ccc(F)c(F)c4)nc3o2)cc(C)c1O. The van der Waals surface area contributed by atoms with Crippen molar-refractivity contribution in [1.82, 2.24) is 15.0 Å². The molecule has 0 aliphatic carbocycles. The zero-order valence-corrected chi connectivity index (χ0v) is 14.3. The fourth-order valence-corrected chi connectivity index (χ4v) is 2.62. The maximum Gasteiger partial charge on any atom is 0.325 e. The quantitative estimate of drug-likeness (QED) is 0.565. The van der Waals surface area contributed by atoms with Crippen LogP contribution >= 0.6 is 0 Å². The van der Waals surface area contributed by atoms with E-state index in [4.69, 9.17) is 9.15 Å². The molecule has 0 fully saturated rings. The highest BCUT2D eigenvalue weighted by molar-refractivity contribution is 5.72. The summed E-state index contributed by atoms with van der Waals surface area (Å²) in [7, 11) is 0. The Hall–Kier alpha value is -3.55. The highest BCUT2D eigenvalue weighted by Crippen LogP contribution is 2.30. The molecule has 27 heavy (non-hydrogen) atoms. The van der Waals surface area contributed by atoms with Crippen molar-refractivity contribution < 1.29 is 23.0 Å². The van der Waals surface area contributed by atoms with Crippen LogP contribution in [0.15, 0.2) is 40.9 Å². The largest absolute Gasteiger partial charge is 0.507 e. The lowest BCUT2D eigenvalue weighted by molar-refractivity contribution is 0.429. The Balaban J connectivity index is 1.68. The third-order valence-corrected chi connectivity index (χ3v) is 3.97. The Morgan fingerprint density at radius 2 is 1.74 bits per heavy atom. The molecule has 2 heterocycles. The van der Waals surface area contributed by atoms with Crippen LogP contribution in [0, 0.1) is 25.5 Å². The molecule has 0 bridgehead atoms. The Bertz CT molecular complexity index is 1150. The van der Waals surface area contributed by atoms with Gasteiger partial charge >= 0.3 is 6.01 Å². The first kappa shape index (κ1) is 16.9. The van der Waals surface area contributed by atoms with E-state index in [1.54, 1.807) is 26.0 Å². The minimum atomic E-state index is -1.03. The summed E-state index contributed by atoms with van der Waals surface area (Å²) >= 11 is 0. The first-order chi connectivity index (χ1) is 12.9. The molecule has 2 aromatic carbocycles. The molecule has 4 rings (SSSR count). The van der Waals surface area contributed by atoms with Gasteiger partial charge in [-0.2, -0.15) is 4.98 Å². The average Bonchev–Trinajstić information content (AvgIpc) is 3.06. The molecule has 0 aliphatic heterocycles. The van der Waals surface area contributed by atoms with E-state index in [9.17, 15) is 13.9 Å². The molecule has 2 aromatic heterocycles. The van der Waals surface area contributed by atoms with Crippen molar-refractivity contribution in [2.45, 2.75) is 13.8 Å². The van der Waals surface area contributed by atoms with Crippen LogP contribution < -0.4 is 4.74 Å². The lowest BCUT2D eigenvalue weighted by Gasteiger charge is -2.04. The lowest BCUT2D eigenvalue weighted by Crippen LogP contribution is -1.93. The number of hydrogen-bond acceptors (Lipinski definition) is 6. The monoisotopic (exact) mass is 369 g/mol. The second-order valence-electron chi connectivity index (χ2n) is 6.00. The van der Waals surface area contributed by atoms with Crippen LogP contribution in [0.25, 0.3) is 22.7 Å². The van der Waals surface area contributed by atoms with Crippen molar-refractivity contribution in [3.63, 3.8) is 0 Å². The van der Waals surface area contributed by atoms with Crippen LogP contribution in [0.1, 0.15) is 11.1 Å². The second-order valence-corrected chi connectivity index (χ2v) is 6.00. The van der Waals surface area contributed by atoms with Crippen molar-refractivity contribution in [3.8, 4) is 29.0 Å². The van der Waals surface area contributed by atoms with Gasteiger partial charge in [0.1, 0.15) is 17.0 Å². The van der Waals surface area contributed by atoms with Crippen LogP contribution in [0.5, 0.6) is 17.5 Å². The van der Waals surface area contributed by atoms with Gasteiger partial charge in [0.15, 0.2) is 11.6 Å². The van der Waals surface area contributed by atoms with Crippen molar-refractivity contribution in [3.05, 3.63) is 59.3 Å². The second kappa shape index (κ2) is 6.31. The summed E-state index contributed by atoms with van der Waals surface area (Å²) in [6.45, 7) is 3.56. The molecule has 0 saturated carbocycles. The fourth-order valence-electron chi connectivity index (χ4n) is 2.62. The van der Waals surface area contributed by atoms with Gasteiger partial charge in [-0.05, 0) is 49.2 Å². The number of fused-ring (bicyclic) bond motifs is 1. The molecule has 0 unspecified atom stereocenters. The van der Waals surface area contributed by atoms with Gasteiger partial charge < -0.3 is 14.3 Å². The number of hydrogen-bond donors (Lipinski definition) is 1. The molecule has 0 radical (unpaired) electrons. The number of nitrogens with zero attached hydrogens (tertiary/aromatic N) is 3. The first-order valence-corrected chi connectivity index (χ1v) is 7.98. The van der Waals surface area contributed by atoms with E-state index in [2.05, 4.69) is 15.0 Å². The van der Waals surface area contributed by atoms with E-state index >= 15 is 0 Å². The van der Waals surface area contributed by atoms with E-state index in [0.717, 1.165) is 12.1 Å². The van der Waals surface area contributed by atoms with Gasteiger partial charge in [0, 0.05) is 11.6 Å². The third-order valence-electron chi connectivity index (χ3n) is 3.97. The normalized spacial score (nSPS) is 11.1. The number of ether oxygens (including phenoxy) is 1. The molecular formula is C19H13F2N3O3. The van der Waals surface area contributed by atoms with Gasteiger partial charge in [-0.3, -0.25) is 0 Å². The lowest BCUT2D eigenvalue weighted by atomic mass is 10.1. The van der Waals surface area contributed by atoms with Gasteiger partial charge in [0.05, 0.1) is 6.20 Å². The van der Waals surface area contributed by atoms with E-state index in [1.165, 1.54) is 12.3 Å². The van der Waals surface area contributed by atoms with E-state index in [1.807, 2.05) is 0 Å². The summed E-state index contributed by atoms with van der Waals surface area (Å²) < 4.78 is 37.3. The first-order valence-electron chi connectivity index (χ1n) is 7.98. The average molecular weight is 369 g/mol. The standard InChI is InChI=1S/C19H13F2N3O3/c1-9-5-11(6-10(2)16(9)25)17-23-15-8-22-19(24-18(15)27-17)26-12-3-4-13(20)14(21)7-12/h3-8,25H,1-2H3. The van der Waals surface area contributed by atoms with Gasteiger partial charge in [0.25, 0.3) is 5.71 Å². The zero-order valence-electron chi connectivity index (χ0n) is 14.3. The predicted molar refractivity (Wildman–Crippen MR) is 92.6 cm³/mol. The minimum Gasteiger partial charge on any atom is -0.507 e. The number of phenolic OH excluding ortho intramolecular Hbond substituents is 1. The molecule has 136 valence electrons. The van der Waals surface area contributed by atoms with Crippen molar-refractivity contribution in [1.29, 1.82) is 0 Å². The number of benzene rings is 2. The number of phenols is 1. The van der Waals surface area contributed by atoms with Crippen molar-refractivity contribution >= 4 is 11.2 Å². The highest BCUT2D eigenvalue weighted by Gasteiger charge is 2.14. The van der Waals surface area contributed by atoms with Crippen molar-refractivity contribution in [2.75, 3.05) is 0 Å². The van der Waals surface area contributed by atoms with Crippen LogP contribution in [-0.4, -0.2) is 20.1 Å². The van der Waals surface area contributed by atoms with Gasteiger partial charge in [-0.25, -0.2) is 18.7 Å². The van der Waals surface area contributed by atoms with Gasteiger partial charge in [-0.1, -0.05) is 0 Å². The minimum absolute atomic E-state index is 0.0535. The van der Waals surface area contributed by atoms with Gasteiger partial charge in [0.2, 0.25) is 5.89 Å². The van der Waals surface area contributed by atoms with E-state index in [-0.39, 0.29) is 23.2 Å². The number of aromatic nitrogens is 3. The van der Waals surface area contributed by atoms with Crippen LogP contribution in [0.4, 0.5) is 8.78 Å². The third kappa shape index (κ3) is 3.17. The Labute approximate surface area is 152 Å². The maximum absolute atomic E-state index is 13.3. The molecule has 8 heteroatoms. The summed E-state index contributed by atoms with van der Waals surface area (Å²) in [5.74, 6) is -1.42. The molecular weight excluding hydrogens is 356 g/mol. The maximum atomic E-state index is 13.3. The molecule has 0 aliphatic rings. The van der Waals surface area contributed by atoms with E-state index in [0.29, 0.717) is 28.1 Å². The fraction of sp³-hybridized carbons (Fsp3) is 0.105. The summed E-state index contributed by atoms with van der Waals surface area (Å²) in [6, 6.07) is 6.52. The molecule has 4 aromatic rings. The Morgan fingerprint density at radius 3 is 2.44 bits per heavy atom. The summed E-state index contributed by atoms with van der Waals surface area (Å²) in [5.41, 5.74) is 2.66. The Kier molecular flexibility index (Phi) is 3.95. The molecule has 0 atom stereocenters. The van der Waals surface area contributed by atoms with E-state index < -0.39 is 11.6 Å². The molecule has 6 nitrogen and oxygen atoms in total. The topological polar surface area (TPSA) is 81.3 Å².